The molecule has 3 aromatic carbocycles. The van der Waals surface area contributed by atoms with Crippen LogP contribution in [-0.4, -0.2) is 88.4 Å². The Bertz CT molecular complexity index is 1860. The Morgan fingerprint density at radius 3 is 2.82 bits per heavy atom. The van der Waals surface area contributed by atoms with Crippen LogP contribution < -0.4 is 9.64 Å². The first-order valence-electron chi connectivity index (χ1n) is 15.1. The minimum absolute atomic E-state index is 0.0453. The molecule has 3 unspecified atom stereocenters. The molecule has 0 spiro atoms. The van der Waals surface area contributed by atoms with Crippen LogP contribution in [0.3, 0.4) is 0 Å². The largest absolute Gasteiger partial charge is 0.508 e. The quantitative estimate of drug-likeness (QED) is 0.304. The highest BCUT2D eigenvalue weighted by Gasteiger charge is 2.49. The molecule has 45 heavy (non-hydrogen) atoms. The maximum absolute atomic E-state index is 16.8. The molecule has 3 aliphatic heterocycles. The molecular weight excluding hydrogens is 585 g/mol. The predicted molar refractivity (Wildman–Crippen MR) is 164 cm³/mol. The van der Waals surface area contributed by atoms with Gasteiger partial charge in [-0.25, -0.2) is 13.2 Å². The number of nitrogens with zero attached hydrogens (tertiary/aromatic N) is 4. The molecule has 4 heterocycles. The Kier molecular flexibility index (Phi) is 7.27. The molecule has 7 rings (SSSR count). The smallest absolute Gasteiger partial charge is 0.319 e. The molecule has 0 radical (unpaired) electrons. The summed E-state index contributed by atoms with van der Waals surface area (Å²) in [5.41, 5.74) is -1.55. The summed E-state index contributed by atoms with van der Waals surface area (Å²) in [7, 11) is 0. The molecule has 0 aliphatic carbocycles. The van der Waals surface area contributed by atoms with E-state index in [1.807, 2.05) is 4.90 Å². The lowest BCUT2D eigenvalue weighted by atomic mass is 9.93. The number of alkyl halides is 1. The number of β-amino-alcohol motifs (C(OH)–C–C–N with tert-alkyl or cyclic N) is 1. The Labute approximate surface area is 258 Å². The first-order valence-corrected chi connectivity index (χ1v) is 15.1. The zero-order valence-electron chi connectivity index (χ0n) is 24.8. The number of aliphatic hydroxyl groups is 1. The van der Waals surface area contributed by atoms with Gasteiger partial charge < -0.3 is 24.6 Å². The lowest BCUT2D eigenvalue weighted by molar-refractivity contribution is -0.0123. The van der Waals surface area contributed by atoms with Crippen molar-refractivity contribution in [2.75, 3.05) is 50.9 Å². The van der Waals surface area contributed by atoms with Gasteiger partial charge >= 0.3 is 6.01 Å². The van der Waals surface area contributed by atoms with Crippen LogP contribution in [0.1, 0.15) is 31.7 Å². The molecule has 0 bridgehead atoms. The van der Waals surface area contributed by atoms with Crippen molar-refractivity contribution in [1.29, 1.82) is 0 Å². The molecule has 0 amide bonds. The summed E-state index contributed by atoms with van der Waals surface area (Å²) in [6.07, 6.45) is 6.77. The second-order valence-corrected chi connectivity index (χ2v) is 12.6. The summed E-state index contributed by atoms with van der Waals surface area (Å²) in [6, 6.07) is 8.56. The summed E-state index contributed by atoms with van der Waals surface area (Å²) in [5, 5.41) is 22.5. The van der Waals surface area contributed by atoms with Crippen LogP contribution in [0.25, 0.3) is 32.8 Å². The third kappa shape index (κ3) is 5.21. The first-order chi connectivity index (χ1) is 21.6. The molecule has 3 saturated heterocycles. The Morgan fingerprint density at radius 2 is 2.00 bits per heavy atom. The van der Waals surface area contributed by atoms with Gasteiger partial charge in [0.15, 0.2) is 5.82 Å². The summed E-state index contributed by atoms with van der Waals surface area (Å²) < 4.78 is 57.8. The molecule has 0 saturated carbocycles. The van der Waals surface area contributed by atoms with Crippen molar-refractivity contribution in [2.45, 2.75) is 43.5 Å². The maximum Gasteiger partial charge on any atom is 0.319 e. The molecule has 11 heteroatoms. The van der Waals surface area contributed by atoms with E-state index in [1.165, 1.54) is 30.3 Å². The second-order valence-electron chi connectivity index (χ2n) is 12.6. The highest BCUT2D eigenvalue weighted by atomic mass is 19.1. The highest BCUT2D eigenvalue weighted by Crippen LogP contribution is 2.42. The Morgan fingerprint density at radius 1 is 1.16 bits per heavy atom. The van der Waals surface area contributed by atoms with Crippen LogP contribution in [-0.2, 0) is 4.74 Å². The van der Waals surface area contributed by atoms with Gasteiger partial charge in [0.05, 0.1) is 30.9 Å². The van der Waals surface area contributed by atoms with Crippen molar-refractivity contribution in [1.82, 2.24) is 14.9 Å². The fraction of sp³-hybridized carbons (Fsp3) is 0.412. The number of rotatable bonds is 5. The van der Waals surface area contributed by atoms with Gasteiger partial charge in [-0.2, -0.15) is 9.97 Å². The summed E-state index contributed by atoms with van der Waals surface area (Å²) in [5.74, 6) is 1.18. The van der Waals surface area contributed by atoms with Gasteiger partial charge in [0.25, 0.3) is 0 Å². The van der Waals surface area contributed by atoms with Crippen LogP contribution in [0.2, 0.25) is 0 Å². The molecule has 1 aromatic heterocycles. The molecule has 3 fully saturated rings. The van der Waals surface area contributed by atoms with Gasteiger partial charge in [0.2, 0.25) is 0 Å². The number of benzene rings is 3. The summed E-state index contributed by atoms with van der Waals surface area (Å²) >= 11 is 0. The monoisotopic (exact) mass is 618 g/mol. The van der Waals surface area contributed by atoms with Crippen molar-refractivity contribution in [3.05, 3.63) is 53.6 Å². The van der Waals surface area contributed by atoms with Crippen molar-refractivity contribution in [3.8, 4) is 35.2 Å². The molecule has 3 aliphatic rings. The lowest BCUT2D eigenvalue weighted by Crippen LogP contribution is -2.44. The van der Waals surface area contributed by atoms with Crippen LogP contribution in [0, 0.1) is 24.0 Å². The number of terminal acetylenes is 1. The van der Waals surface area contributed by atoms with E-state index in [-0.39, 0.29) is 59.1 Å². The van der Waals surface area contributed by atoms with E-state index >= 15 is 4.39 Å². The van der Waals surface area contributed by atoms with Gasteiger partial charge in [-0.1, -0.05) is 18.1 Å². The van der Waals surface area contributed by atoms with E-state index in [2.05, 4.69) is 15.8 Å². The van der Waals surface area contributed by atoms with E-state index in [1.54, 1.807) is 13.0 Å². The zero-order chi connectivity index (χ0) is 31.5. The number of phenols is 1. The SMILES string of the molecule is C#Cc1c(F)ccc2cc(O)cc(-c3ccc4c(N5CCOCC(C)(O)C5)nc(OCC56CCCN5CC(F)C6)nc4c3F)c12. The summed E-state index contributed by atoms with van der Waals surface area (Å²) in [4.78, 5) is 13.1. The van der Waals surface area contributed by atoms with Crippen LogP contribution in [0.4, 0.5) is 19.0 Å². The van der Waals surface area contributed by atoms with E-state index in [0.717, 1.165) is 19.4 Å². The number of hydrogen-bond acceptors (Lipinski definition) is 8. The molecule has 2 N–H and O–H groups in total. The minimum atomic E-state index is -1.20. The fourth-order valence-corrected chi connectivity index (χ4v) is 7.25. The van der Waals surface area contributed by atoms with Crippen molar-refractivity contribution >= 4 is 27.5 Å². The Hall–Kier alpha value is -4.11. The van der Waals surface area contributed by atoms with Crippen LogP contribution >= 0.6 is 0 Å². The Balaban J connectivity index is 1.39. The molecule has 8 nitrogen and oxygen atoms in total. The highest BCUT2D eigenvalue weighted by molar-refractivity contribution is 6.04. The number of fused-ring (bicyclic) bond motifs is 3. The minimum Gasteiger partial charge on any atom is -0.508 e. The average Bonchev–Trinajstić information content (AvgIpc) is 3.46. The van der Waals surface area contributed by atoms with E-state index < -0.39 is 28.9 Å². The number of aromatic hydroxyl groups is 1. The van der Waals surface area contributed by atoms with E-state index in [9.17, 15) is 19.0 Å². The molecule has 234 valence electrons. The topological polar surface area (TPSA) is 91.2 Å². The molecule has 4 aromatic rings. The molecule has 3 atom stereocenters. The lowest BCUT2D eigenvalue weighted by Gasteiger charge is -2.31. The number of ether oxygens (including phenoxy) is 2. The van der Waals surface area contributed by atoms with Crippen molar-refractivity contribution < 1.29 is 32.9 Å². The van der Waals surface area contributed by atoms with Crippen molar-refractivity contribution in [3.63, 3.8) is 0 Å². The standard InChI is InChI=1S/C34H33F3N4O4/c1-3-23-27(36)8-5-20-13-22(42)14-26(28(20)23)24-6-7-25-30(29(24)37)38-32(39-31(25)40-11-12-44-18-33(2,43)17-40)45-19-34-9-4-10-41(34)16-21(35)15-34/h1,5-8,13-14,21,42-43H,4,9-12,15-19H2,2H3. The van der Waals surface area contributed by atoms with Crippen LogP contribution in [0.15, 0.2) is 36.4 Å². The maximum atomic E-state index is 16.8. The number of phenolic OH excluding ortho intramolecular Hbond substituents is 1. The fourth-order valence-electron chi connectivity index (χ4n) is 7.25. The van der Waals surface area contributed by atoms with Gasteiger partial charge in [-0.15, -0.1) is 6.42 Å². The van der Waals surface area contributed by atoms with E-state index in [4.69, 9.17) is 20.9 Å². The third-order valence-electron chi connectivity index (χ3n) is 9.23. The van der Waals surface area contributed by atoms with Crippen LogP contribution in [0.5, 0.6) is 11.8 Å². The van der Waals surface area contributed by atoms with Gasteiger partial charge in [0, 0.05) is 35.8 Å². The average molecular weight is 619 g/mol. The number of aromatic nitrogens is 2. The van der Waals surface area contributed by atoms with Crippen molar-refractivity contribution in [2.24, 2.45) is 0 Å². The van der Waals surface area contributed by atoms with Gasteiger partial charge in [-0.3, -0.25) is 4.90 Å². The van der Waals surface area contributed by atoms with E-state index in [0.29, 0.717) is 42.7 Å². The number of hydrogen-bond donors (Lipinski definition) is 2. The number of anilines is 1. The first kappa shape index (κ1) is 29.6. The predicted octanol–water partition coefficient (Wildman–Crippen LogP) is 4.96. The number of halogens is 3. The summed E-state index contributed by atoms with van der Waals surface area (Å²) in [6.45, 7) is 3.89. The normalized spacial score (nSPS) is 25.4. The third-order valence-corrected chi connectivity index (χ3v) is 9.23. The zero-order valence-corrected chi connectivity index (χ0v) is 24.8. The van der Waals surface area contributed by atoms with Gasteiger partial charge in [0.1, 0.15) is 41.3 Å². The van der Waals surface area contributed by atoms with Gasteiger partial charge in [-0.05, 0) is 61.5 Å². The molecular formula is C34H33F3N4O4. The second kappa shape index (κ2) is 11.1.